The number of allylic oxidation sites excluding steroid dienone is 1. The van der Waals surface area contributed by atoms with Gasteiger partial charge in [0.2, 0.25) is 6.43 Å². The Morgan fingerprint density at radius 3 is 2.17 bits per heavy atom. The van der Waals surface area contributed by atoms with Crippen molar-refractivity contribution in [2.24, 2.45) is 16.2 Å². The zero-order chi connectivity index (χ0) is 47.1. The number of ether oxygens (including phenoxy) is 1. The average Bonchev–Trinajstić information content (AvgIpc) is 3.25. The van der Waals surface area contributed by atoms with Crippen molar-refractivity contribution in [3.63, 3.8) is 0 Å². The second-order valence-electron chi connectivity index (χ2n) is 19.5. The highest BCUT2D eigenvalue weighted by atomic mass is 32.2. The number of alkyl halides is 5. The van der Waals surface area contributed by atoms with Crippen LogP contribution in [0.15, 0.2) is 98.6 Å². The van der Waals surface area contributed by atoms with Gasteiger partial charge in [0.05, 0.1) is 23.8 Å². The maximum Gasteiger partial charge on any atom is 0.501 e. The molecule has 1 atom stereocenters. The van der Waals surface area contributed by atoms with Gasteiger partial charge in [-0.1, -0.05) is 43.2 Å². The molecule has 360 valence electrons. The number of rotatable bonds is 17. The standard InChI is InChI=1S/C47H58F5N5O6S3/c1-44(2)16-14-34(39(27-44)45-30-46(31-45,32-45)43(48)49)28-56-18-20-57(21-19-56)36-10-8-33(9-11-36)42(58)54-66(61,62)38-12-13-40(41(26-38)65(59,60)47(50,51)52)53-35(15-17-55-22-24-63-25-23-55)29-64-37-6-4-3-5-7-37/h3-13,26,35,43,53H,14-25,27-32H2,1-2H3,(H,54,58). The van der Waals surface area contributed by atoms with Crippen LogP contribution < -0.4 is 14.9 Å². The Labute approximate surface area is 388 Å². The summed E-state index contributed by atoms with van der Waals surface area (Å²) in [6.45, 7) is 11.3. The van der Waals surface area contributed by atoms with E-state index in [0.717, 1.165) is 61.6 Å². The van der Waals surface area contributed by atoms with E-state index in [1.807, 2.05) is 35.1 Å². The van der Waals surface area contributed by atoms with Crippen LogP contribution in [0.5, 0.6) is 0 Å². The molecular formula is C47H58F5N5O6S3. The van der Waals surface area contributed by atoms with Crippen LogP contribution in [0, 0.1) is 16.2 Å². The zero-order valence-electron chi connectivity index (χ0n) is 37.2. The molecule has 0 aromatic heterocycles. The number of carbonyl (C=O) groups excluding carboxylic acids is 1. The fourth-order valence-electron chi connectivity index (χ4n) is 10.4. The molecule has 1 amide bonds. The van der Waals surface area contributed by atoms with Gasteiger partial charge < -0.3 is 15.0 Å². The van der Waals surface area contributed by atoms with Gasteiger partial charge in [0.25, 0.3) is 25.8 Å². The zero-order valence-corrected chi connectivity index (χ0v) is 39.7. The number of halogens is 5. The molecule has 2 heterocycles. The number of sulfonamides is 1. The molecule has 66 heavy (non-hydrogen) atoms. The van der Waals surface area contributed by atoms with Crippen LogP contribution in [-0.4, -0.2) is 122 Å². The van der Waals surface area contributed by atoms with Gasteiger partial charge in [-0.2, -0.15) is 13.2 Å². The molecule has 1 unspecified atom stereocenters. The van der Waals surface area contributed by atoms with Gasteiger partial charge in [0.15, 0.2) is 0 Å². The van der Waals surface area contributed by atoms with Crippen LogP contribution in [0.2, 0.25) is 0 Å². The van der Waals surface area contributed by atoms with Crippen LogP contribution in [0.25, 0.3) is 0 Å². The lowest BCUT2D eigenvalue weighted by molar-refractivity contribution is -0.250. The predicted octanol–water partition coefficient (Wildman–Crippen LogP) is 8.46. The number of carbonyl (C=O) groups is 1. The first kappa shape index (κ1) is 48.7. The monoisotopic (exact) mass is 979 g/mol. The number of nitrogens with zero attached hydrogens (tertiary/aromatic N) is 3. The smallest absolute Gasteiger partial charge is 0.380 e. The first-order valence-corrected chi connectivity index (χ1v) is 26.5. The number of hydrogen-bond donors (Lipinski definition) is 2. The number of benzene rings is 3. The number of hydrogen-bond acceptors (Lipinski definition) is 11. The Morgan fingerprint density at radius 1 is 0.864 bits per heavy atom. The van der Waals surface area contributed by atoms with Crippen molar-refractivity contribution < 1.29 is 48.3 Å². The van der Waals surface area contributed by atoms with Gasteiger partial charge in [0.1, 0.15) is 4.90 Å². The summed E-state index contributed by atoms with van der Waals surface area (Å²) in [7, 11) is -10.9. The lowest BCUT2D eigenvalue weighted by Crippen LogP contribution is -2.66. The van der Waals surface area contributed by atoms with Crippen LogP contribution in [-0.2, 0) is 24.6 Å². The van der Waals surface area contributed by atoms with Crippen molar-refractivity contribution in [2.75, 3.05) is 81.5 Å². The molecule has 2 bridgehead atoms. The highest BCUT2D eigenvalue weighted by Gasteiger charge is 2.73. The predicted molar refractivity (Wildman–Crippen MR) is 245 cm³/mol. The highest BCUT2D eigenvalue weighted by Crippen LogP contribution is 2.79. The first-order valence-electron chi connectivity index (χ1n) is 22.5. The number of amides is 1. The van der Waals surface area contributed by atoms with Gasteiger partial charge in [0, 0.05) is 85.7 Å². The van der Waals surface area contributed by atoms with Gasteiger partial charge in [-0.05, 0) is 110 Å². The Morgan fingerprint density at radius 2 is 1.53 bits per heavy atom. The minimum absolute atomic E-state index is 0.0247. The average molecular weight is 980 g/mol. The fraction of sp³-hybridized carbons (Fsp3) is 0.553. The molecule has 2 aliphatic heterocycles. The molecule has 19 heteroatoms. The second kappa shape index (κ2) is 19.0. The summed E-state index contributed by atoms with van der Waals surface area (Å²) in [5.41, 5.74) is -3.20. The molecule has 3 aromatic rings. The molecule has 0 spiro atoms. The minimum atomic E-state index is -6.07. The second-order valence-corrected chi connectivity index (χ2v) is 24.1. The third-order valence-corrected chi connectivity index (χ3v) is 18.2. The Hall–Kier alpha value is -3.75. The van der Waals surface area contributed by atoms with Gasteiger partial charge in [-0.15, -0.1) is 11.8 Å². The molecule has 3 aromatic carbocycles. The lowest BCUT2D eigenvalue weighted by atomic mass is 9.32. The Bertz CT molecular complexity index is 2470. The third kappa shape index (κ3) is 10.5. The van der Waals surface area contributed by atoms with E-state index < -0.39 is 64.6 Å². The topological polar surface area (TPSA) is 128 Å². The molecule has 2 N–H and O–H groups in total. The fourth-order valence-corrected chi connectivity index (χ4v) is 13.4. The lowest BCUT2D eigenvalue weighted by Gasteiger charge is -2.72. The van der Waals surface area contributed by atoms with Gasteiger partial charge >= 0.3 is 5.51 Å². The number of anilines is 2. The molecule has 0 radical (unpaired) electrons. The van der Waals surface area contributed by atoms with E-state index in [-0.39, 0.29) is 16.4 Å². The van der Waals surface area contributed by atoms with Crippen molar-refractivity contribution in [1.82, 2.24) is 14.5 Å². The van der Waals surface area contributed by atoms with E-state index in [0.29, 0.717) is 83.4 Å². The van der Waals surface area contributed by atoms with Crippen LogP contribution >= 0.6 is 11.8 Å². The molecule has 6 aliphatic rings. The normalized spacial score (nSPS) is 24.4. The van der Waals surface area contributed by atoms with Gasteiger partial charge in [-0.25, -0.2) is 30.3 Å². The van der Waals surface area contributed by atoms with E-state index in [1.54, 1.807) is 12.1 Å². The van der Waals surface area contributed by atoms with E-state index in [9.17, 15) is 43.6 Å². The van der Waals surface area contributed by atoms with Crippen molar-refractivity contribution in [1.29, 1.82) is 0 Å². The summed E-state index contributed by atoms with van der Waals surface area (Å²) in [6.07, 6.45) is 2.99. The van der Waals surface area contributed by atoms with E-state index in [4.69, 9.17) is 4.74 Å². The third-order valence-electron chi connectivity index (χ3n) is 14.2. The Kier molecular flexibility index (Phi) is 14.0. The molecule has 11 nitrogen and oxygen atoms in total. The van der Waals surface area contributed by atoms with E-state index in [1.165, 1.54) is 35.0 Å². The maximum absolute atomic E-state index is 14.2. The van der Waals surface area contributed by atoms with Gasteiger partial charge in [-0.3, -0.25) is 14.6 Å². The highest BCUT2D eigenvalue weighted by molar-refractivity contribution is 7.99. The quantitative estimate of drug-likeness (QED) is 0.0769. The van der Waals surface area contributed by atoms with Crippen LogP contribution in [0.4, 0.5) is 33.3 Å². The Balaban J connectivity index is 0.917. The van der Waals surface area contributed by atoms with Crippen molar-refractivity contribution >= 4 is 48.9 Å². The maximum atomic E-state index is 14.2. The minimum Gasteiger partial charge on any atom is -0.380 e. The molecule has 3 saturated carbocycles. The number of sulfone groups is 1. The van der Waals surface area contributed by atoms with E-state index in [2.05, 4.69) is 33.9 Å². The number of morpholine rings is 1. The summed E-state index contributed by atoms with van der Waals surface area (Å²) in [6, 6.07) is 17.5. The number of nitrogens with one attached hydrogen (secondary N) is 2. The van der Waals surface area contributed by atoms with Crippen molar-refractivity contribution in [3.05, 3.63) is 89.5 Å². The van der Waals surface area contributed by atoms with Crippen LogP contribution in [0.1, 0.15) is 69.2 Å². The SMILES string of the molecule is CC1(C)CCC(CN2CCN(c3ccc(C(=O)NS(=O)(=O)c4ccc(NC(CCN5CCOCC5)CSc5ccccc5)c(S(=O)(=O)C(F)(F)F)c4)cc3)CC2)=C(C23CC(C(F)F)(C2)C3)C1. The summed E-state index contributed by atoms with van der Waals surface area (Å²) in [4.78, 5) is 18.9. The molecular weight excluding hydrogens is 922 g/mol. The molecule has 9 rings (SSSR count). The number of thioether (sulfide) groups is 1. The summed E-state index contributed by atoms with van der Waals surface area (Å²) in [5, 5.41) is 2.98. The largest absolute Gasteiger partial charge is 0.501 e. The first-order chi connectivity index (χ1) is 31.2. The summed E-state index contributed by atoms with van der Waals surface area (Å²) < 4.78 is 131. The summed E-state index contributed by atoms with van der Waals surface area (Å²) in [5.74, 6) is -0.684. The van der Waals surface area contributed by atoms with Crippen molar-refractivity contribution in [2.45, 2.75) is 91.5 Å². The van der Waals surface area contributed by atoms with E-state index >= 15 is 0 Å². The number of piperazine rings is 1. The molecule has 2 saturated heterocycles. The molecule has 4 aliphatic carbocycles. The summed E-state index contributed by atoms with van der Waals surface area (Å²) >= 11 is 1.44. The van der Waals surface area contributed by atoms with Crippen molar-refractivity contribution in [3.8, 4) is 0 Å². The molecule has 5 fully saturated rings. The van der Waals surface area contributed by atoms with Crippen LogP contribution in [0.3, 0.4) is 0 Å².